The largest absolute Gasteiger partial charge is 0.383 e. The van der Waals surface area contributed by atoms with E-state index in [1.807, 2.05) is 0 Å². The Kier molecular flexibility index (Phi) is 5.98. The number of hydrogen-bond donors (Lipinski definition) is 3. The van der Waals surface area contributed by atoms with Crippen LogP contribution in [0.15, 0.2) is 24.3 Å². The molecule has 1 aromatic rings. The maximum Gasteiger partial charge on any atom is 0.243 e. The monoisotopic (exact) mass is 265 g/mol. The molecule has 0 aliphatic heterocycles. The van der Waals surface area contributed by atoms with Crippen molar-refractivity contribution in [3.63, 3.8) is 0 Å². The van der Waals surface area contributed by atoms with Crippen molar-refractivity contribution in [2.45, 2.75) is 12.5 Å². The van der Waals surface area contributed by atoms with Crippen LogP contribution in [0.25, 0.3) is 0 Å². The van der Waals surface area contributed by atoms with Gasteiger partial charge in [-0.1, -0.05) is 12.1 Å². The fraction of sp³-hybridized carbons (Fsp3) is 0.385. The number of nitrogens with one attached hydrogen (secondary N) is 2. The summed E-state index contributed by atoms with van der Waals surface area (Å²) >= 11 is 0. The number of rotatable bonds is 6. The molecule has 4 N–H and O–H groups in total. The smallest absolute Gasteiger partial charge is 0.243 e. The quantitative estimate of drug-likeness (QED) is 0.669. The highest BCUT2D eigenvalue weighted by Gasteiger charge is 2.12. The second-order valence-electron chi connectivity index (χ2n) is 4.10. The van der Waals surface area contributed by atoms with E-state index in [9.17, 15) is 9.59 Å². The van der Waals surface area contributed by atoms with Crippen LogP contribution in [-0.4, -0.2) is 38.6 Å². The number of carbonyl (C=O) groups is 2. The summed E-state index contributed by atoms with van der Waals surface area (Å²) in [7, 11) is 3.08. The first-order chi connectivity index (χ1) is 9.06. The van der Waals surface area contributed by atoms with Gasteiger partial charge in [0.25, 0.3) is 0 Å². The molecule has 1 atom stereocenters. The number of nitrogens with two attached hydrogens (primary N) is 1. The molecule has 0 spiro atoms. The van der Waals surface area contributed by atoms with Crippen molar-refractivity contribution in [2.24, 2.45) is 5.73 Å². The van der Waals surface area contributed by atoms with E-state index >= 15 is 0 Å². The lowest BCUT2D eigenvalue weighted by atomic mass is 10.1. The summed E-state index contributed by atoms with van der Waals surface area (Å²) in [5, 5.41) is 5.23. The number of methoxy groups -OCH3 is 1. The summed E-state index contributed by atoms with van der Waals surface area (Å²) < 4.78 is 4.81. The van der Waals surface area contributed by atoms with Gasteiger partial charge in [0.05, 0.1) is 13.0 Å². The summed E-state index contributed by atoms with van der Waals surface area (Å²) in [4.78, 5) is 22.8. The van der Waals surface area contributed by atoms with Crippen LogP contribution >= 0.6 is 0 Å². The molecule has 0 aromatic heterocycles. The van der Waals surface area contributed by atoms with E-state index < -0.39 is 6.04 Å². The lowest BCUT2D eigenvalue weighted by Gasteiger charge is -2.11. The number of hydrogen-bond acceptors (Lipinski definition) is 4. The molecular formula is C13H19N3O3. The van der Waals surface area contributed by atoms with E-state index in [1.165, 1.54) is 7.11 Å². The van der Waals surface area contributed by atoms with Gasteiger partial charge in [-0.3, -0.25) is 9.59 Å². The second-order valence-corrected chi connectivity index (χ2v) is 4.10. The first-order valence-electron chi connectivity index (χ1n) is 5.91. The van der Waals surface area contributed by atoms with Gasteiger partial charge in [-0.2, -0.15) is 0 Å². The Labute approximate surface area is 112 Å². The average Bonchev–Trinajstić information content (AvgIpc) is 2.41. The number of anilines is 1. The lowest BCUT2D eigenvalue weighted by Crippen LogP contribution is -2.39. The van der Waals surface area contributed by atoms with Gasteiger partial charge >= 0.3 is 0 Å². The van der Waals surface area contributed by atoms with Crippen LogP contribution in [0.4, 0.5) is 5.69 Å². The van der Waals surface area contributed by atoms with Crippen molar-refractivity contribution in [3.8, 4) is 0 Å². The van der Waals surface area contributed by atoms with Gasteiger partial charge in [0.2, 0.25) is 11.8 Å². The molecule has 0 fully saturated rings. The predicted octanol–water partition coefficient (Wildman–Crippen LogP) is -0.113. The zero-order valence-corrected chi connectivity index (χ0v) is 11.1. The van der Waals surface area contributed by atoms with Crippen LogP contribution in [0, 0.1) is 0 Å². The van der Waals surface area contributed by atoms with E-state index in [-0.39, 0.29) is 18.4 Å². The van der Waals surface area contributed by atoms with E-state index in [0.717, 1.165) is 5.56 Å². The Morgan fingerprint density at radius 3 is 2.47 bits per heavy atom. The molecule has 1 unspecified atom stereocenters. The topological polar surface area (TPSA) is 93.5 Å². The molecule has 0 saturated carbocycles. The molecule has 1 rings (SSSR count). The van der Waals surface area contributed by atoms with E-state index in [4.69, 9.17) is 10.5 Å². The molecule has 0 aliphatic carbocycles. The predicted molar refractivity (Wildman–Crippen MR) is 72.7 cm³/mol. The molecule has 0 aliphatic rings. The number of likely N-dealkylation sites (N-methyl/N-ethyl adjacent to an activating group) is 1. The molecule has 19 heavy (non-hydrogen) atoms. The Hall–Kier alpha value is -1.92. The fourth-order valence-corrected chi connectivity index (χ4v) is 1.47. The normalized spacial score (nSPS) is 11.7. The van der Waals surface area contributed by atoms with Crippen LogP contribution in [0.5, 0.6) is 0 Å². The van der Waals surface area contributed by atoms with E-state index in [2.05, 4.69) is 10.6 Å². The number of amides is 2. The zero-order chi connectivity index (χ0) is 14.3. The van der Waals surface area contributed by atoms with Crippen molar-refractivity contribution in [1.82, 2.24) is 5.32 Å². The Morgan fingerprint density at radius 2 is 1.95 bits per heavy atom. The van der Waals surface area contributed by atoms with Gasteiger partial charge in [-0.25, -0.2) is 0 Å². The molecule has 0 bridgehead atoms. The molecule has 6 nitrogen and oxygen atoms in total. The summed E-state index contributed by atoms with van der Waals surface area (Å²) in [6.45, 7) is 0.167. The SMILES string of the molecule is CNC(=O)Cc1ccc(NC(=O)C(N)COC)cc1. The minimum absolute atomic E-state index is 0.0566. The average molecular weight is 265 g/mol. The number of carbonyl (C=O) groups excluding carboxylic acids is 2. The van der Waals surface area contributed by atoms with Crippen molar-refractivity contribution >= 4 is 17.5 Å². The molecule has 0 radical (unpaired) electrons. The highest BCUT2D eigenvalue weighted by atomic mass is 16.5. The maximum atomic E-state index is 11.6. The first-order valence-corrected chi connectivity index (χ1v) is 5.91. The van der Waals surface area contributed by atoms with E-state index in [0.29, 0.717) is 12.1 Å². The molecule has 104 valence electrons. The van der Waals surface area contributed by atoms with Crippen molar-refractivity contribution in [2.75, 3.05) is 26.1 Å². The van der Waals surface area contributed by atoms with Crippen LogP contribution in [0.1, 0.15) is 5.56 Å². The standard InChI is InChI=1S/C13H19N3O3/c1-15-12(17)7-9-3-5-10(6-4-9)16-13(18)11(14)8-19-2/h3-6,11H,7-8,14H2,1-2H3,(H,15,17)(H,16,18). The summed E-state index contributed by atoms with van der Waals surface area (Å²) in [6, 6.07) is 6.33. The van der Waals surface area contributed by atoms with Crippen molar-refractivity contribution in [1.29, 1.82) is 0 Å². The van der Waals surface area contributed by atoms with Crippen LogP contribution in [0.2, 0.25) is 0 Å². The minimum atomic E-state index is -0.699. The van der Waals surface area contributed by atoms with Gasteiger partial charge in [-0.15, -0.1) is 0 Å². The van der Waals surface area contributed by atoms with Gasteiger partial charge in [0.1, 0.15) is 6.04 Å². The van der Waals surface area contributed by atoms with Crippen molar-refractivity contribution < 1.29 is 14.3 Å². The zero-order valence-electron chi connectivity index (χ0n) is 11.1. The fourth-order valence-electron chi connectivity index (χ4n) is 1.47. The maximum absolute atomic E-state index is 11.6. The van der Waals surface area contributed by atoms with Gasteiger partial charge in [0.15, 0.2) is 0 Å². The summed E-state index contributed by atoms with van der Waals surface area (Å²) in [5.74, 6) is -0.361. The van der Waals surface area contributed by atoms with Crippen molar-refractivity contribution in [3.05, 3.63) is 29.8 Å². The summed E-state index contributed by atoms with van der Waals surface area (Å²) in [5.41, 5.74) is 7.11. The Balaban J connectivity index is 2.57. The molecule has 6 heteroatoms. The first kappa shape index (κ1) is 15.1. The molecule has 0 heterocycles. The molecular weight excluding hydrogens is 246 g/mol. The molecule has 2 amide bonds. The second kappa shape index (κ2) is 7.50. The van der Waals surface area contributed by atoms with Gasteiger partial charge in [-0.05, 0) is 17.7 Å². The van der Waals surface area contributed by atoms with Crippen LogP contribution in [-0.2, 0) is 20.7 Å². The third kappa shape index (κ3) is 5.07. The molecule has 1 aromatic carbocycles. The third-order valence-electron chi connectivity index (χ3n) is 2.55. The van der Waals surface area contributed by atoms with Gasteiger partial charge < -0.3 is 21.1 Å². The molecule has 0 saturated heterocycles. The lowest BCUT2D eigenvalue weighted by molar-refractivity contribution is -0.120. The Bertz CT molecular complexity index is 431. The minimum Gasteiger partial charge on any atom is -0.383 e. The number of benzene rings is 1. The highest BCUT2D eigenvalue weighted by molar-refractivity contribution is 5.94. The highest BCUT2D eigenvalue weighted by Crippen LogP contribution is 2.10. The van der Waals surface area contributed by atoms with Gasteiger partial charge in [0, 0.05) is 19.8 Å². The van der Waals surface area contributed by atoms with E-state index in [1.54, 1.807) is 31.3 Å². The van der Waals surface area contributed by atoms with Crippen LogP contribution < -0.4 is 16.4 Å². The third-order valence-corrected chi connectivity index (χ3v) is 2.55. The van der Waals surface area contributed by atoms with Crippen LogP contribution in [0.3, 0.4) is 0 Å². The Morgan fingerprint density at radius 1 is 1.32 bits per heavy atom. The summed E-state index contributed by atoms with van der Waals surface area (Å²) in [6.07, 6.45) is 0.313. The number of ether oxygens (including phenoxy) is 1.